The molecule has 0 heterocycles. The highest BCUT2D eigenvalue weighted by atomic mass is 35.5. The van der Waals surface area contributed by atoms with Gasteiger partial charge in [-0.3, -0.25) is 4.90 Å². The lowest BCUT2D eigenvalue weighted by molar-refractivity contribution is 0.310. The Kier molecular flexibility index (Phi) is 6.09. The van der Waals surface area contributed by atoms with Crippen molar-refractivity contribution < 1.29 is 5.11 Å². The minimum atomic E-state index is 0.320. The third kappa shape index (κ3) is 5.24. The van der Waals surface area contributed by atoms with Crippen LogP contribution in [0.5, 0.6) is 5.75 Å². The van der Waals surface area contributed by atoms with Gasteiger partial charge < -0.3 is 5.11 Å². The predicted octanol–water partition coefficient (Wildman–Crippen LogP) is 3.75. The fraction of sp³-hybridized carbons (Fsp3) is 0.429. The standard InChI is InChI=1S/C14H20ClNO/c1-3-13(15)8-9-16(4-2)11-12-6-5-7-14(17)10-12/h5-8,10,17H,3-4,9,11H2,1-2H3/b13-8-. The number of hydrogen-bond donors (Lipinski definition) is 1. The van der Waals surface area contributed by atoms with Crippen molar-refractivity contribution >= 4 is 11.6 Å². The summed E-state index contributed by atoms with van der Waals surface area (Å²) in [6, 6.07) is 7.38. The van der Waals surface area contributed by atoms with E-state index in [2.05, 4.69) is 11.8 Å². The van der Waals surface area contributed by atoms with E-state index in [1.54, 1.807) is 12.1 Å². The lowest BCUT2D eigenvalue weighted by Crippen LogP contribution is -2.22. The monoisotopic (exact) mass is 253 g/mol. The molecule has 1 aromatic rings. The van der Waals surface area contributed by atoms with Crippen LogP contribution >= 0.6 is 11.6 Å². The van der Waals surface area contributed by atoms with Crippen LogP contribution < -0.4 is 0 Å². The Morgan fingerprint density at radius 2 is 2.18 bits per heavy atom. The zero-order valence-electron chi connectivity index (χ0n) is 10.5. The first-order chi connectivity index (χ1) is 8.15. The first-order valence-corrected chi connectivity index (χ1v) is 6.38. The summed E-state index contributed by atoms with van der Waals surface area (Å²) in [6.45, 7) is 6.80. The molecule has 0 aliphatic heterocycles. The average molecular weight is 254 g/mol. The zero-order valence-corrected chi connectivity index (χ0v) is 11.2. The van der Waals surface area contributed by atoms with Gasteiger partial charge in [-0.25, -0.2) is 0 Å². The lowest BCUT2D eigenvalue weighted by atomic mass is 10.2. The largest absolute Gasteiger partial charge is 0.508 e. The number of phenols is 1. The Labute approximate surface area is 109 Å². The molecule has 0 bridgehead atoms. The summed E-state index contributed by atoms with van der Waals surface area (Å²) in [4.78, 5) is 2.27. The first kappa shape index (κ1) is 14.1. The molecule has 0 aromatic heterocycles. The fourth-order valence-corrected chi connectivity index (χ4v) is 1.66. The van der Waals surface area contributed by atoms with Crippen molar-refractivity contribution in [2.75, 3.05) is 13.1 Å². The van der Waals surface area contributed by atoms with Gasteiger partial charge in [0.25, 0.3) is 0 Å². The highest BCUT2D eigenvalue weighted by Gasteiger charge is 2.03. The van der Waals surface area contributed by atoms with Crippen molar-refractivity contribution in [3.05, 3.63) is 40.9 Å². The van der Waals surface area contributed by atoms with E-state index >= 15 is 0 Å². The SMILES string of the molecule is CC/C(Cl)=C/CN(CC)Cc1cccc(O)c1. The van der Waals surface area contributed by atoms with Crippen LogP contribution in [-0.4, -0.2) is 23.1 Å². The van der Waals surface area contributed by atoms with Crippen LogP contribution in [0.3, 0.4) is 0 Å². The van der Waals surface area contributed by atoms with Gasteiger partial charge in [-0.1, -0.05) is 43.7 Å². The minimum absolute atomic E-state index is 0.320. The van der Waals surface area contributed by atoms with Gasteiger partial charge in [-0.2, -0.15) is 0 Å². The topological polar surface area (TPSA) is 23.5 Å². The number of halogens is 1. The van der Waals surface area contributed by atoms with E-state index in [0.29, 0.717) is 5.75 Å². The van der Waals surface area contributed by atoms with Crippen LogP contribution in [0.1, 0.15) is 25.8 Å². The summed E-state index contributed by atoms with van der Waals surface area (Å²) in [6.07, 6.45) is 2.93. The molecule has 1 aromatic carbocycles. The summed E-state index contributed by atoms with van der Waals surface area (Å²) in [5.41, 5.74) is 1.12. The second-order valence-electron chi connectivity index (χ2n) is 4.00. The smallest absolute Gasteiger partial charge is 0.115 e. The maximum atomic E-state index is 9.40. The van der Waals surface area contributed by atoms with E-state index in [0.717, 1.165) is 36.7 Å². The molecule has 94 valence electrons. The number of aromatic hydroxyl groups is 1. The van der Waals surface area contributed by atoms with E-state index in [4.69, 9.17) is 11.6 Å². The van der Waals surface area contributed by atoms with Crippen LogP contribution in [0.2, 0.25) is 0 Å². The molecule has 2 nitrogen and oxygen atoms in total. The summed E-state index contributed by atoms with van der Waals surface area (Å²) >= 11 is 5.99. The maximum absolute atomic E-state index is 9.40. The van der Waals surface area contributed by atoms with Crippen molar-refractivity contribution in [3.8, 4) is 5.75 Å². The van der Waals surface area contributed by atoms with Gasteiger partial charge >= 0.3 is 0 Å². The number of hydrogen-bond acceptors (Lipinski definition) is 2. The molecule has 3 heteroatoms. The van der Waals surface area contributed by atoms with Gasteiger partial charge in [-0.15, -0.1) is 0 Å². The van der Waals surface area contributed by atoms with Crippen molar-refractivity contribution in [2.45, 2.75) is 26.8 Å². The van der Waals surface area contributed by atoms with Gasteiger partial charge in [0.15, 0.2) is 0 Å². The predicted molar refractivity (Wildman–Crippen MR) is 73.3 cm³/mol. The molecule has 0 saturated carbocycles. The van der Waals surface area contributed by atoms with Gasteiger partial charge in [0, 0.05) is 18.1 Å². The van der Waals surface area contributed by atoms with Crippen molar-refractivity contribution in [1.29, 1.82) is 0 Å². The number of allylic oxidation sites excluding steroid dienone is 1. The lowest BCUT2D eigenvalue weighted by Gasteiger charge is -2.18. The molecule has 0 fully saturated rings. The first-order valence-electron chi connectivity index (χ1n) is 6.00. The van der Waals surface area contributed by atoms with Gasteiger partial charge in [-0.05, 0) is 30.7 Å². The molecule has 17 heavy (non-hydrogen) atoms. The molecule has 1 N–H and O–H groups in total. The van der Waals surface area contributed by atoms with E-state index in [1.165, 1.54) is 0 Å². The average Bonchev–Trinajstić information content (AvgIpc) is 2.34. The van der Waals surface area contributed by atoms with Gasteiger partial charge in [0.2, 0.25) is 0 Å². The molecule has 0 saturated heterocycles. The van der Waals surface area contributed by atoms with Crippen molar-refractivity contribution in [3.63, 3.8) is 0 Å². The zero-order chi connectivity index (χ0) is 12.7. The normalized spacial score (nSPS) is 12.1. The van der Waals surface area contributed by atoms with Crippen LogP contribution in [0.4, 0.5) is 0 Å². The summed E-state index contributed by atoms with van der Waals surface area (Å²) in [5, 5.41) is 10.3. The molecule has 0 atom stereocenters. The Hall–Kier alpha value is -0.990. The number of phenolic OH excluding ortho intramolecular Hbond substituents is 1. The number of likely N-dealkylation sites (N-methyl/N-ethyl adjacent to an activating group) is 1. The third-order valence-electron chi connectivity index (χ3n) is 2.67. The molecule has 1 rings (SSSR count). The van der Waals surface area contributed by atoms with E-state index in [-0.39, 0.29) is 0 Å². The quantitative estimate of drug-likeness (QED) is 0.835. The van der Waals surface area contributed by atoms with E-state index < -0.39 is 0 Å². The highest BCUT2D eigenvalue weighted by molar-refractivity contribution is 6.29. The second-order valence-corrected chi connectivity index (χ2v) is 4.49. The molecular formula is C14H20ClNO. The molecular weight excluding hydrogens is 234 g/mol. The molecule has 0 radical (unpaired) electrons. The van der Waals surface area contributed by atoms with Crippen LogP contribution in [0.15, 0.2) is 35.4 Å². The molecule has 0 aliphatic rings. The Balaban J connectivity index is 2.58. The van der Waals surface area contributed by atoms with Gasteiger partial charge in [0.1, 0.15) is 5.75 Å². The Morgan fingerprint density at radius 1 is 1.41 bits per heavy atom. The Morgan fingerprint density at radius 3 is 2.76 bits per heavy atom. The number of rotatable bonds is 6. The van der Waals surface area contributed by atoms with E-state index in [9.17, 15) is 5.11 Å². The number of benzene rings is 1. The molecule has 0 unspecified atom stereocenters. The van der Waals surface area contributed by atoms with Gasteiger partial charge in [0.05, 0.1) is 0 Å². The molecule has 0 spiro atoms. The molecule has 0 amide bonds. The van der Waals surface area contributed by atoms with Crippen LogP contribution in [0.25, 0.3) is 0 Å². The van der Waals surface area contributed by atoms with Crippen molar-refractivity contribution in [2.24, 2.45) is 0 Å². The maximum Gasteiger partial charge on any atom is 0.115 e. The summed E-state index contributed by atoms with van der Waals surface area (Å²) in [5.74, 6) is 0.320. The molecule has 0 aliphatic carbocycles. The Bertz CT molecular complexity index is 376. The van der Waals surface area contributed by atoms with Crippen LogP contribution in [-0.2, 0) is 6.54 Å². The summed E-state index contributed by atoms with van der Waals surface area (Å²) < 4.78 is 0. The second kappa shape index (κ2) is 7.36. The minimum Gasteiger partial charge on any atom is -0.508 e. The number of nitrogens with zero attached hydrogens (tertiary/aromatic N) is 1. The van der Waals surface area contributed by atoms with Crippen molar-refractivity contribution in [1.82, 2.24) is 4.90 Å². The third-order valence-corrected chi connectivity index (χ3v) is 3.09. The highest BCUT2D eigenvalue weighted by Crippen LogP contribution is 2.13. The van der Waals surface area contributed by atoms with Crippen LogP contribution in [0, 0.1) is 0 Å². The van der Waals surface area contributed by atoms with E-state index in [1.807, 2.05) is 25.1 Å². The fourth-order valence-electron chi connectivity index (χ4n) is 1.59. The summed E-state index contributed by atoms with van der Waals surface area (Å²) in [7, 11) is 0.